The van der Waals surface area contributed by atoms with Gasteiger partial charge in [0.15, 0.2) is 5.13 Å². The van der Waals surface area contributed by atoms with Crippen LogP contribution in [-0.2, 0) is 11.3 Å². The number of hydrogen-bond acceptors (Lipinski definition) is 6. The molecule has 3 aromatic heterocycles. The lowest BCUT2D eigenvalue weighted by atomic mass is 10.2. The predicted octanol–water partition coefficient (Wildman–Crippen LogP) is 3.76. The molecular weight excluding hydrogens is 374 g/mol. The van der Waals surface area contributed by atoms with Crippen molar-refractivity contribution in [2.24, 2.45) is 0 Å². The van der Waals surface area contributed by atoms with Gasteiger partial charge in [-0.05, 0) is 39.7 Å². The maximum atomic E-state index is 12.3. The normalized spacial score (nSPS) is 16.5. The van der Waals surface area contributed by atoms with Crippen molar-refractivity contribution in [3.05, 3.63) is 46.6 Å². The summed E-state index contributed by atoms with van der Waals surface area (Å²) in [7, 11) is 0. The Morgan fingerprint density at radius 1 is 1.32 bits per heavy atom. The van der Waals surface area contributed by atoms with Gasteiger partial charge in [0, 0.05) is 41.7 Å². The highest BCUT2D eigenvalue weighted by atomic mass is 32.1. The molecule has 1 amide bonds. The van der Waals surface area contributed by atoms with Crippen molar-refractivity contribution in [1.29, 1.82) is 0 Å². The number of thiazole rings is 1. The summed E-state index contributed by atoms with van der Waals surface area (Å²) in [5.41, 5.74) is 5.35. The molecule has 0 spiro atoms. The Morgan fingerprint density at radius 2 is 2.18 bits per heavy atom. The standard InChI is InChI=1S/C20H23N5O2S/c1-12-8-22-17(9-21-12)19(26)24-20-23-18(11-28-20)16-7-13(2)25(14(16)3)10-15-5-4-6-27-15/h7-9,11,15H,4-6,10H2,1-3H3,(H,23,24,26). The summed E-state index contributed by atoms with van der Waals surface area (Å²) in [4.78, 5) is 25.1. The molecule has 28 heavy (non-hydrogen) atoms. The first-order valence-corrected chi connectivity index (χ1v) is 10.2. The molecule has 0 aliphatic carbocycles. The van der Waals surface area contributed by atoms with E-state index in [9.17, 15) is 4.79 Å². The first-order chi connectivity index (χ1) is 13.5. The van der Waals surface area contributed by atoms with E-state index in [0.717, 1.165) is 42.9 Å². The van der Waals surface area contributed by atoms with Gasteiger partial charge >= 0.3 is 0 Å². The third-order valence-corrected chi connectivity index (χ3v) is 5.76. The molecule has 1 aliphatic rings. The summed E-state index contributed by atoms with van der Waals surface area (Å²) in [5, 5.41) is 5.32. The summed E-state index contributed by atoms with van der Waals surface area (Å²) in [6, 6.07) is 2.15. The molecular formula is C20H23N5O2S. The van der Waals surface area contributed by atoms with Gasteiger partial charge in [0.05, 0.1) is 23.7 Å². The molecule has 4 rings (SSSR count). The molecule has 1 fully saturated rings. The summed E-state index contributed by atoms with van der Waals surface area (Å²) in [6.07, 6.45) is 5.58. The number of nitrogens with one attached hydrogen (secondary N) is 1. The van der Waals surface area contributed by atoms with Crippen LogP contribution in [0.4, 0.5) is 5.13 Å². The quantitative estimate of drug-likeness (QED) is 0.709. The van der Waals surface area contributed by atoms with Gasteiger partial charge in [0.2, 0.25) is 0 Å². The van der Waals surface area contributed by atoms with E-state index in [2.05, 4.69) is 44.7 Å². The topological polar surface area (TPSA) is 81.9 Å². The van der Waals surface area contributed by atoms with Crippen LogP contribution in [0.15, 0.2) is 23.8 Å². The molecule has 3 aromatic rings. The van der Waals surface area contributed by atoms with Crippen LogP contribution >= 0.6 is 11.3 Å². The first kappa shape index (κ1) is 18.8. The molecule has 1 N–H and O–H groups in total. The Labute approximate surface area is 167 Å². The minimum atomic E-state index is -0.308. The van der Waals surface area contributed by atoms with E-state index in [-0.39, 0.29) is 11.6 Å². The third kappa shape index (κ3) is 3.83. The Morgan fingerprint density at radius 3 is 2.89 bits per heavy atom. The van der Waals surface area contributed by atoms with Crippen molar-refractivity contribution >= 4 is 22.4 Å². The smallest absolute Gasteiger partial charge is 0.277 e. The van der Waals surface area contributed by atoms with E-state index in [1.807, 2.05) is 12.3 Å². The number of carbonyl (C=O) groups excluding carboxylic acids is 1. The van der Waals surface area contributed by atoms with Gasteiger partial charge in [-0.2, -0.15) is 0 Å². The largest absolute Gasteiger partial charge is 0.376 e. The Bertz CT molecular complexity index is 987. The van der Waals surface area contributed by atoms with Crippen LogP contribution in [-0.4, -0.2) is 38.1 Å². The lowest BCUT2D eigenvalue weighted by molar-refractivity contribution is 0.0962. The van der Waals surface area contributed by atoms with E-state index in [1.165, 1.54) is 28.9 Å². The summed E-state index contributed by atoms with van der Waals surface area (Å²) < 4.78 is 8.08. The van der Waals surface area contributed by atoms with E-state index in [0.29, 0.717) is 11.2 Å². The SMILES string of the molecule is Cc1cnc(C(=O)Nc2nc(-c3cc(C)n(CC4CCCO4)c3C)cs2)cn1. The fourth-order valence-electron chi connectivity index (χ4n) is 3.46. The van der Waals surface area contributed by atoms with Crippen molar-refractivity contribution in [3.63, 3.8) is 0 Å². The van der Waals surface area contributed by atoms with Crippen LogP contribution in [0.2, 0.25) is 0 Å². The van der Waals surface area contributed by atoms with Crippen LogP contribution in [0.25, 0.3) is 11.3 Å². The van der Waals surface area contributed by atoms with Crippen molar-refractivity contribution in [1.82, 2.24) is 19.5 Å². The second-order valence-electron chi connectivity index (χ2n) is 7.07. The number of ether oxygens (including phenoxy) is 1. The van der Waals surface area contributed by atoms with E-state index >= 15 is 0 Å². The van der Waals surface area contributed by atoms with E-state index in [1.54, 1.807) is 6.20 Å². The Hall–Kier alpha value is -2.58. The molecule has 4 heterocycles. The van der Waals surface area contributed by atoms with Crippen LogP contribution in [0.3, 0.4) is 0 Å². The van der Waals surface area contributed by atoms with Crippen molar-refractivity contribution in [2.45, 2.75) is 46.3 Å². The van der Waals surface area contributed by atoms with E-state index < -0.39 is 0 Å². The number of aromatic nitrogens is 4. The van der Waals surface area contributed by atoms with Crippen molar-refractivity contribution < 1.29 is 9.53 Å². The number of aryl methyl sites for hydroxylation is 2. The molecule has 1 aliphatic heterocycles. The lowest BCUT2D eigenvalue weighted by Gasteiger charge is -2.14. The highest BCUT2D eigenvalue weighted by molar-refractivity contribution is 7.14. The number of anilines is 1. The number of nitrogens with zero attached hydrogens (tertiary/aromatic N) is 4. The van der Waals surface area contributed by atoms with E-state index in [4.69, 9.17) is 4.74 Å². The highest BCUT2D eigenvalue weighted by Gasteiger charge is 2.20. The maximum Gasteiger partial charge on any atom is 0.277 e. The number of amides is 1. The zero-order valence-electron chi connectivity index (χ0n) is 16.2. The molecule has 146 valence electrons. The summed E-state index contributed by atoms with van der Waals surface area (Å²) in [6.45, 7) is 7.78. The van der Waals surface area contributed by atoms with Crippen LogP contribution in [0.1, 0.15) is 40.4 Å². The molecule has 1 unspecified atom stereocenters. The molecule has 1 saturated heterocycles. The molecule has 0 aromatic carbocycles. The Kier molecular flexibility index (Phi) is 5.23. The summed E-state index contributed by atoms with van der Waals surface area (Å²) >= 11 is 1.40. The monoisotopic (exact) mass is 397 g/mol. The summed E-state index contributed by atoms with van der Waals surface area (Å²) in [5.74, 6) is -0.308. The Balaban J connectivity index is 1.51. The van der Waals surface area contributed by atoms with Gasteiger partial charge in [-0.3, -0.25) is 15.1 Å². The van der Waals surface area contributed by atoms with Crippen LogP contribution < -0.4 is 5.32 Å². The van der Waals surface area contributed by atoms with Gasteiger partial charge in [-0.1, -0.05) is 0 Å². The molecule has 0 radical (unpaired) electrons. The zero-order valence-corrected chi connectivity index (χ0v) is 17.0. The second kappa shape index (κ2) is 7.81. The van der Waals surface area contributed by atoms with Gasteiger partial charge in [-0.25, -0.2) is 9.97 Å². The number of hydrogen-bond donors (Lipinski definition) is 1. The number of carbonyl (C=O) groups is 1. The second-order valence-corrected chi connectivity index (χ2v) is 7.92. The van der Waals surface area contributed by atoms with Gasteiger partial charge in [0.1, 0.15) is 5.69 Å². The lowest BCUT2D eigenvalue weighted by Crippen LogP contribution is -2.16. The predicted molar refractivity (Wildman–Crippen MR) is 109 cm³/mol. The third-order valence-electron chi connectivity index (χ3n) is 5.00. The average molecular weight is 398 g/mol. The zero-order chi connectivity index (χ0) is 19.7. The molecule has 7 nitrogen and oxygen atoms in total. The van der Waals surface area contributed by atoms with Gasteiger partial charge in [-0.15, -0.1) is 11.3 Å². The molecule has 0 saturated carbocycles. The molecule has 1 atom stereocenters. The molecule has 8 heteroatoms. The van der Waals surface area contributed by atoms with Crippen LogP contribution in [0, 0.1) is 20.8 Å². The van der Waals surface area contributed by atoms with Gasteiger partial charge < -0.3 is 9.30 Å². The maximum absolute atomic E-state index is 12.3. The van der Waals surface area contributed by atoms with Crippen molar-refractivity contribution in [2.75, 3.05) is 11.9 Å². The highest BCUT2D eigenvalue weighted by Crippen LogP contribution is 2.31. The minimum absolute atomic E-state index is 0.275. The van der Waals surface area contributed by atoms with Crippen LogP contribution in [0.5, 0.6) is 0 Å². The molecule has 0 bridgehead atoms. The van der Waals surface area contributed by atoms with Gasteiger partial charge in [0.25, 0.3) is 5.91 Å². The average Bonchev–Trinajstić information content (AvgIpc) is 3.40. The first-order valence-electron chi connectivity index (χ1n) is 9.35. The number of rotatable bonds is 5. The van der Waals surface area contributed by atoms with Crippen molar-refractivity contribution in [3.8, 4) is 11.3 Å². The fraction of sp³-hybridized carbons (Fsp3) is 0.400. The fourth-order valence-corrected chi connectivity index (χ4v) is 4.16. The minimum Gasteiger partial charge on any atom is -0.376 e.